The Morgan fingerprint density at radius 3 is 2.87 bits per heavy atom. The Labute approximate surface area is 134 Å². The second-order valence-corrected chi connectivity index (χ2v) is 8.11. The molecule has 1 heterocycles. The van der Waals surface area contributed by atoms with E-state index >= 15 is 0 Å². The van der Waals surface area contributed by atoms with Crippen LogP contribution < -0.4 is 5.32 Å². The zero-order valence-corrected chi connectivity index (χ0v) is 13.7. The van der Waals surface area contributed by atoms with Crippen molar-refractivity contribution in [3.8, 4) is 0 Å². The molecule has 1 aliphatic heterocycles. The van der Waals surface area contributed by atoms with E-state index < -0.39 is 21.5 Å². The molecule has 2 rings (SSSR count). The van der Waals surface area contributed by atoms with E-state index in [2.05, 4.69) is 5.32 Å². The second kappa shape index (κ2) is 7.25. The first-order valence-corrected chi connectivity index (χ1v) is 9.26. The SMILES string of the molecule is CC1CN(C(=O)NCCc2cc(F)ccc2F)CCS(=O)(=O)C1. The highest BCUT2D eigenvalue weighted by atomic mass is 32.2. The third kappa shape index (κ3) is 5.16. The molecule has 1 aromatic carbocycles. The van der Waals surface area contributed by atoms with Crippen molar-refractivity contribution in [1.29, 1.82) is 0 Å². The van der Waals surface area contributed by atoms with E-state index in [1.165, 1.54) is 4.90 Å². The lowest BCUT2D eigenvalue weighted by Crippen LogP contribution is -2.43. The maximum atomic E-state index is 13.5. The number of urea groups is 1. The summed E-state index contributed by atoms with van der Waals surface area (Å²) in [5.74, 6) is -1.16. The van der Waals surface area contributed by atoms with E-state index in [-0.39, 0.29) is 48.5 Å². The molecule has 0 saturated carbocycles. The van der Waals surface area contributed by atoms with Crippen molar-refractivity contribution in [2.45, 2.75) is 13.3 Å². The van der Waals surface area contributed by atoms with Gasteiger partial charge in [-0.05, 0) is 36.1 Å². The smallest absolute Gasteiger partial charge is 0.317 e. The van der Waals surface area contributed by atoms with Gasteiger partial charge in [-0.2, -0.15) is 0 Å². The topological polar surface area (TPSA) is 66.5 Å². The van der Waals surface area contributed by atoms with Crippen LogP contribution in [0.1, 0.15) is 12.5 Å². The van der Waals surface area contributed by atoms with Gasteiger partial charge < -0.3 is 10.2 Å². The number of carbonyl (C=O) groups excluding carboxylic acids is 1. The summed E-state index contributed by atoms with van der Waals surface area (Å²) in [4.78, 5) is 13.6. The normalized spacial score (nSPS) is 20.8. The van der Waals surface area contributed by atoms with Crippen molar-refractivity contribution in [2.24, 2.45) is 5.92 Å². The molecule has 8 heteroatoms. The predicted molar refractivity (Wildman–Crippen MR) is 82.9 cm³/mol. The van der Waals surface area contributed by atoms with Crippen LogP contribution >= 0.6 is 0 Å². The molecular weight excluding hydrogens is 326 g/mol. The fraction of sp³-hybridized carbons (Fsp3) is 0.533. The number of benzene rings is 1. The van der Waals surface area contributed by atoms with Crippen LogP contribution in [-0.4, -0.2) is 50.5 Å². The minimum atomic E-state index is -3.12. The molecule has 0 spiro atoms. The monoisotopic (exact) mass is 346 g/mol. The standard InChI is InChI=1S/C15H20F2N2O3S/c1-11-9-19(6-7-23(21,22)10-11)15(20)18-5-4-12-8-13(16)2-3-14(12)17/h2-3,8,11H,4-7,9-10H2,1H3,(H,18,20). The third-order valence-corrected chi connectivity index (χ3v) is 5.59. The molecule has 0 aromatic heterocycles. The quantitative estimate of drug-likeness (QED) is 0.904. The number of nitrogens with zero attached hydrogens (tertiary/aromatic N) is 1. The Morgan fingerprint density at radius 1 is 1.39 bits per heavy atom. The van der Waals surface area contributed by atoms with Gasteiger partial charge in [-0.1, -0.05) is 6.92 Å². The summed E-state index contributed by atoms with van der Waals surface area (Å²) in [5, 5.41) is 2.63. The maximum absolute atomic E-state index is 13.5. The number of hydrogen-bond donors (Lipinski definition) is 1. The molecule has 23 heavy (non-hydrogen) atoms. The average Bonchev–Trinajstić information content (AvgIpc) is 2.59. The maximum Gasteiger partial charge on any atom is 0.317 e. The van der Waals surface area contributed by atoms with Crippen molar-refractivity contribution in [2.75, 3.05) is 31.1 Å². The fourth-order valence-corrected chi connectivity index (χ4v) is 4.26. The number of hydrogen-bond acceptors (Lipinski definition) is 3. The van der Waals surface area contributed by atoms with Crippen LogP contribution in [0.2, 0.25) is 0 Å². The van der Waals surface area contributed by atoms with Crippen molar-refractivity contribution in [3.05, 3.63) is 35.4 Å². The first kappa shape index (κ1) is 17.7. The Balaban J connectivity index is 1.88. The third-order valence-electron chi connectivity index (χ3n) is 3.71. The van der Waals surface area contributed by atoms with Gasteiger partial charge in [-0.25, -0.2) is 22.0 Å². The Bertz CT molecular complexity index is 679. The second-order valence-electron chi connectivity index (χ2n) is 5.88. The molecule has 1 atom stereocenters. The molecule has 0 bridgehead atoms. The first-order valence-electron chi connectivity index (χ1n) is 7.44. The molecular formula is C15H20F2N2O3S. The molecule has 128 valence electrons. The fourth-order valence-electron chi connectivity index (χ4n) is 2.62. The van der Waals surface area contributed by atoms with Crippen LogP contribution in [0, 0.1) is 17.6 Å². The van der Waals surface area contributed by atoms with Crippen LogP contribution in [0.15, 0.2) is 18.2 Å². The lowest BCUT2D eigenvalue weighted by molar-refractivity contribution is 0.196. The van der Waals surface area contributed by atoms with Crippen LogP contribution in [0.5, 0.6) is 0 Å². The number of rotatable bonds is 3. The largest absolute Gasteiger partial charge is 0.338 e. The summed E-state index contributed by atoms with van der Waals surface area (Å²) in [6, 6.07) is 2.80. The number of nitrogens with one attached hydrogen (secondary N) is 1. The van der Waals surface area contributed by atoms with Crippen LogP contribution in [0.4, 0.5) is 13.6 Å². The van der Waals surface area contributed by atoms with Gasteiger partial charge in [0, 0.05) is 19.6 Å². The molecule has 0 aliphatic carbocycles. The molecule has 0 radical (unpaired) electrons. The van der Waals surface area contributed by atoms with E-state index in [0.29, 0.717) is 6.54 Å². The first-order chi connectivity index (χ1) is 10.8. The average molecular weight is 346 g/mol. The summed E-state index contributed by atoms with van der Waals surface area (Å²) in [6.45, 7) is 2.44. The van der Waals surface area contributed by atoms with E-state index in [4.69, 9.17) is 0 Å². The van der Waals surface area contributed by atoms with E-state index in [9.17, 15) is 22.0 Å². The highest BCUT2D eigenvalue weighted by Crippen LogP contribution is 2.12. The summed E-state index contributed by atoms with van der Waals surface area (Å²) in [6.07, 6.45) is 0.164. The highest BCUT2D eigenvalue weighted by molar-refractivity contribution is 7.91. The van der Waals surface area contributed by atoms with Crippen molar-refractivity contribution in [3.63, 3.8) is 0 Å². The van der Waals surface area contributed by atoms with Crippen LogP contribution in [-0.2, 0) is 16.3 Å². The Hall–Kier alpha value is -1.70. The number of carbonyl (C=O) groups is 1. The lowest BCUT2D eigenvalue weighted by atomic mass is 10.1. The van der Waals surface area contributed by atoms with Gasteiger partial charge >= 0.3 is 6.03 Å². The van der Waals surface area contributed by atoms with Gasteiger partial charge in [-0.15, -0.1) is 0 Å². The summed E-state index contributed by atoms with van der Waals surface area (Å²) < 4.78 is 49.9. The van der Waals surface area contributed by atoms with Crippen molar-refractivity contribution in [1.82, 2.24) is 10.2 Å². The number of halogens is 2. The predicted octanol–water partition coefficient (Wildman–Crippen LogP) is 1.58. The minimum Gasteiger partial charge on any atom is -0.338 e. The van der Waals surface area contributed by atoms with E-state index in [0.717, 1.165) is 18.2 Å². The Kier molecular flexibility index (Phi) is 5.56. The minimum absolute atomic E-state index is 0.0523. The highest BCUT2D eigenvalue weighted by Gasteiger charge is 2.26. The van der Waals surface area contributed by atoms with Gasteiger partial charge in [0.1, 0.15) is 11.6 Å². The number of sulfone groups is 1. The zero-order chi connectivity index (χ0) is 17.0. The number of amides is 2. The van der Waals surface area contributed by atoms with Gasteiger partial charge in [0.25, 0.3) is 0 Å². The summed E-state index contributed by atoms with van der Waals surface area (Å²) in [7, 11) is -3.12. The summed E-state index contributed by atoms with van der Waals surface area (Å²) in [5.41, 5.74) is 0.192. The Morgan fingerprint density at radius 2 is 2.13 bits per heavy atom. The summed E-state index contributed by atoms with van der Waals surface area (Å²) >= 11 is 0. The van der Waals surface area contributed by atoms with Gasteiger partial charge in [0.05, 0.1) is 11.5 Å². The van der Waals surface area contributed by atoms with Gasteiger partial charge in [0.15, 0.2) is 9.84 Å². The molecule has 1 saturated heterocycles. The van der Waals surface area contributed by atoms with Gasteiger partial charge in [0.2, 0.25) is 0 Å². The molecule has 1 unspecified atom stereocenters. The molecule has 1 aliphatic rings. The van der Waals surface area contributed by atoms with Crippen LogP contribution in [0.25, 0.3) is 0 Å². The van der Waals surface area contributed by atoms with E-state index in [1.807, 2.05) is 0 Å². The molecule has 2 amide bonds. The van der Waals surface area contributed by atoms with Crippen molar-refractivity contribution >= 4 is 15.9 Å². The van der Waals surface area contributed by atoms with E-state index in [1.54, 1.807) is 6.92 Å². The molecule has 1 fully saturated rings. The molecule has 1 N–H and O–H groups in total. The van der Waals surface area contributed by atoms with Crippen LogP contribution in [0.3, 0.4) is 0 Å². The zero-order valence-electron chi connectivity index (χ0n) is 12.9. The van der Waals surface area contributed by atoms with Crippen molar-refractivity contribution < 1.29 is 22.0 Å². The molecule has 1 aromatic rings. The molecule has 5 nitrogen and oxygen atoms in total. The lowest BCUT2D eigenvalue weighted by Gasteiger charge is -2.22. The van der Waals surface area contributed by atoms with Gasteiger partial charge in [-0.3, -0.25) is 0 Å².